The molecule has 0 saturated heterocycles. The third kappa shape index (κ3) is 1.64. The average molecular weight is 247 g/mol. The molecule has 0 bridgehead atoms. The Labute approximate surface area is 104 Å². The first-order valence-corrected chi connectivity index (χ1v) is 5.54. The second-order valence-corrected chi connectivity index (χ2v) is 3.78. The van der Waals surface area contributed by atoms with Crippen LogP contribution in [0, 0.1) is 0 Å². The molecule has 0 spiro atoms. The van der Waals surface area contributed by atoms with Crippen LogP contribution in [0.25, 0.3) is 5.57 Å². The predicted molar refractivity (Wildman–Crippen MR) is 64.9 cm³/mol. The minimum atomic E-state index is -0.664. The fourth-order valence-electron chi connectivity index (χ4n) is 1.94. The van der Waals surface area contributed by atoms with Crippen LogP contribution < -0.4 is 4.74 Å². The quantitative estimate of drug-likeness (QED) is 0.819. The summed E-state index contributed by atoms with van der Waals surface area (Å²) < 4.78 is 5.13. The second-order valence-electron chi connectivity index (χ2n) is 3.78. The summed E-state index contributed by atoms with van der Waals surface area (Å²) in [6.07, 6.45) is 0. The van der Waals surface area contributed by atoms with E-state index in [-0.39, 0.29) is 12.1 Å². The second kappa shape index (κ2) is 4.52. The van der Waals surface area contributed by atoms with Crippen LogP contribution in [0.3, 0.4) is 0 Å². The molecule has 18 heavy (non-hydrogen) atoms. The largest absolute Gasteiger partial charge is 0.502 e. The number of likely N-dealkylation sites (N-methyl/N-ethyl adjacent to an activating group) is 1. The zero-order chi connectivity index (χ0) is 13.3. The summed E-state index contributed by atoms with van der Waals surface area (Å²) in [6, 6.07) is 6.76. The van der Waals surface area contributed by atoms with Crippen molar-refractivity contribution in [3.8, 4) is 5.75 Å². The standard InChI is InChI=1S/C13H13NO4/c1-3-14-12(16)10(11(15)13(14)17)8-6-4-5-7-9(8)18-2/h4-7,15H,3H2,1-2H3. The Kier molecular flexibility index (Phi) is 3.06. The molecule has 0 unspecified atom stereocenters. The van der Waals surface area contributed by atoms with Gasteiger partial charge in [-0.1, -0.05) is 18.2 Å². The van der Waals surface area contributed by atoms with Gasteiger partial charge in [0.15, 0.2) is 5.76 Å². The van der Waals surface area contributed by atoms with Gasteiger partial charge in [0, 0.05) is 12.1 Å². The lowest BCUT2D eigenvalue weighted by atomic mass is 10.0. The van der Waals surface area contributed by atoms with Crippen molar-refractivity contribution in [3.63, 3.8) is 0 Å². The van der Waals surface area contributed by atoms with Gasteiger partial charge in [-0.15, -0.1) is 0 Å². The number of nitrogens with zero attached hydrogens (tertiary/aromatic N) is 1. The van der Waals surface area contributed by atoms with Crippen LogP contribution in [0.1, 0.15) is 12.5 Å². The van der Waals surface area contributed by atoms with Gasteiger partial charge in [-0.05, 0) is 13.0 Å². The van der Waals surface area contributed by atoms with Gasteiger partial charge in [-0.25, -0.2) is 0 Å². The first kappa shape index (κ1) is 12.2. The van der Waals surface area contributed by atoms with Gasteiger partial charge in [-0.2, -0.15) is 0 Å². The van der Waals surface area contributed by atoms with Gasteiger partial charge in [0.25, 0.3) is 11.8 Å². The van der Waals surface area contributed by atoms with Crippen molar-refractivity contribution in [2.75, 3.05) is 13.7 Å². The Bertz CT molecular complexity index is 548. The molecule has 1 heterocycles. The molecule has 1 aliphatic rings. The van der Waals surface area contributed by atoms with E-state index in [4.69, 9.17) is 4.74 Å². The van der Waals surface area contributed by atoms with Gasteiger partial charge in [-0.3, -0.25) is 14.5 Å². The lowest BCUT2D eigenvalue weighted by molar-refractivity contribution is -0.137. The molecule has 0 aliphatic carbocycles. The van der Waals surface area contributed by atoms with Crippen molar-refractivity contribution < 1.29 is 19.4 Å². The fraction of sp³-hybridized carbons (Fsp3) is 0.231. The summed E-state index contributed by atoms with van der Waals surface area (Å²) in [6.45, 7) is 1.90. The number of hydrogen-bond acceptors (Lipinski definition) is 4. The molecule has 94 valence electrons. The third-order valence-corrected chi connectivity index (χ3v) is 2.84. The predicted octanol–water partition coefficient (Wildman–Crippen LogP) is 1.35. The lowest BCUT2D eigenvalue weighted by Crippen LogP contribution is -2.31. The Hall–Kier alpha value is -2.30. The minimum absolute atomic E-state index is 0.000648. The summed E-state index contributed by atoms with van der Waals surface area (Å²) in [5.74, 6) is -1.24. The van der Waals surface area contributed by atoms with Crippen LogP contribution >= 0.6 is 0 Å². The normalized spacial score (nSPS) is 15.6. The summed E-state index contributed by atoms with van der Waals surface area (Å²) in [5, 5.41) is 9.81. The summed E-state index contributed by atoms with van der Waals surface area (Å²) >= 11 is 0. The Morgan fingerprint density at radius 2 is 1.89 bits per heavy atom. The number of hydrogen-bond donors (Lipinski definition) is 1. The lowest BCUT2D eigenvalue weighted by Gasteiger charge is -2.11. The van der Waals surface area contributed by atoms with Gasteiger partial charge in [0.05, 0.1) is 12.7 Å². The highest BCUT2D eigenvalue weighted by molar-refractivity contribution is 6.35. The topological polar surface area (TPSA) is 66.8 Å². The Morgan fingerprint density at radius 3 is 2.44 bits per heavy atom. The first-order valence-electron chi connectivity index (χ1n) is 5.54. The van der Waals surface area contributed by atoms with E-state index in [9.17, 15) is 14.7 Å². The van der Waals surface area contributed by atoms with Gasteiger partial charge < -0.3 is 9.84 Å². The zero-order valence-electron chi connectivity index (χ0n) is 10.1. The highest BCUT2D eigenvalue weighted by Gasteiger charge is 2.39. The number of aliphatic hydroxyl groups is 1. The number of benzene rings is 1. The number of amides is 2. The summed E-state index contributed by atoms with van der Waals surface area (Å²) in [4.78, 5) is 24.7. The minimum Gasteiger partial charge on any atom is -0.502 e. The van der Waals surface area contributed by atoms with E-state index in [0.717, 1.165) is 4.90 Å². The van der Waals surface area contributed by atoms with Crippen LogP contribution in [-0.2, 0) is 9.59 Å². The number of methoxy groups -OCH3 is 1. The van der Waals surface area contributed by atoms with Crippen molar-refractivity contribution >= 4 is 17.4 Å². The molecule has 1 N–H and O–H groups in total. The average Bonchev–Trinajstić information content (AvgIpc) is 2.60. The van der Waals surface area contributed by atoms with E-state index in [0.29, 0.717) is 11.3 Å². The number of imide groups is 1. The smallest absolute Gasteiger partial charge is 0.296 e. The first-order chi connectivity index (χ1) is 8.61. The van der Waals surface area contributed by atoms with E-state index < -0.39 is 17.6 Å². The molecular formula is C13H13NO4. The van der Waals surface area contributed by atoms with Gasteiger partial charge in [0.2, 0.25) is 0 Å². The molecule has 1 aromatic rings. The molecular weight excluding hydrogens is 234 g/mol. The van der Waals surface area contributed by atoms with Gasteiger partial charge >= 0.3 is 0 Å². The number of rotatable bonds is 3. The van der Waals surface area contributed by atoms with Crippen molar-refractivity contribution in [2.24, 2.45) is 0 Å². The van der Waals surface area contributed by atoms with E-state index in [1.165, 1.54) is 7.11 Å². The molecule has 0 aromatic heterocycles. The maximum Gasteiger partial charge on any atom is 0.296 e. The zero-order valence-corrected chi connectivity index (χ0v) is 10.1. The molecule has 5 nitrogen and oxygen atoms in total. The third-order valence-electron chi connectivity index (χ3n) is 2.84. The highest BCUT2D eigenvalue weighted by Crippen LogP contribution is 2.33. The fourth-order valence-corrected chi connectivity index (χ4v) is 1.94. The number of para-hydroxylation sites is 1. The molecule has 0 saturated carbocycles. The molecule has 2 rings (SSSR count). The number of carbonyl (C=O) groups excluding carboxylic acids is 2. The number of carbonyl (C=O) groups is 2. The molecule has 0 atom stereocenters. The van der Waals surface area contributed by atoms with Crippen LogP contribution in [0.2, 0.25) is 0 Å². The maximum atomic E-state index is 12.1. The van der Waals surface area contributed by atoms with E-state index in [1.54, 1.807) is 31.2 Å². The maximum absolute atomic E-state index is 12.1. The Morgan fingerprint density at radius 1 is 1.22 bits per heavy atom. The number of aliphatic hydroxyl groups excluding tert-OH is 1. The van der Waals surface area contributed by atoms with Crippen molar-refractivity contribution in [1.82, 2.24) is 4.90 Å². The Balaban J connectivity index is 2.57. The van der Waals surface area contributed by atoms with Crippen molar-refractivity contribution in [2.45, 2.75) is 6.92 Å². The molecule has 0 fully saturated rings. The summed E-state index contributed by atoms with van der Waals surface area (Å²) in [7, 11) is 1.47. The highest BCUT2D eigenvalue weighted by atomic mass is 16.5. The van der Waals surface area contributed by atoms with E-state index >= 15 is 0 Å². The van der Waals surface area contributed by atoms with Crippen LogP contribution in [-0.4, -0.2) is 35.5 Å². The van der Waals surface area contributed by atoms with Crippen LogP contribution in [0.4, 0.5) is 0 Å². The SMILES string of the molecule is CCN1C(=O)C(O)=C(c2ccccc2OC)C1=O. The molecule has 5 heteroatoms. The van der Waals surface area contributed by atoms with E-state index in [2.05, 4.69) is 0 Å². The van der Waals surface area contributed by atoms with Crippen molar-refractivity contribution in [3.05, 3.63) is 35.6 Å². The van der Waals surface area contributed by atoms with Crippen molar-refractivity contribution in [1.29, 1.82) is 0 Å². The molecule has 1 aromatic carbocycles. The molecule has 0 radical (unpaired) electrons. The van der Waals surface area contributed by atoms with Crippen LogP contribution in [0.5, 0.6) is 5.75 Å². The van der Waals surface area contributed by atoms with Crippen LogP contribution in [0.15, 0.2) is 30.0 Å². The number of ether oxygens (including phenoxy) is 1. The van der Waals surface area contributed by atoms with E-state index in [1.807, 2.05) is 0 Å². The summed E-state index contributed by atoms with van der Waals surface area (Å²) in [5.41, 5.74) is 0.422. The molecule has 1 aliphatic heterocycles. The monoisotopic (exact) mass is 247 g/mol. The van der Waals surface area contributed by atoms with Gasteiger partial charge in [0.1, 0.15) is 5.75 Å². The molecule has 2 amide bonds.